The van der Waals surface area contributed by atoms with Gasteiger partial charge in [-0.05, 0) is 51.7 Å². The molecule has 1 heterocycles. The molecule has 0 aromatic heterocycles. The topological polar surface area (TPSA) is 55.8 Å². The maximum atomic E-state index is 12.6. The Balaban J connectivity index is 2.00. The van der Waals surface area contributed by atoms with Crippen LogP contribution in [0.1, 0.15) is 45.6 Å². The van der Waals surface area contributed by atoms with Gasteiger partial charge in [-0.2, -0.15) is 0 Å². The van der Waals surface area contributed by atoms with Crippen LogP contribution in [0.5, 0.6) is 5.75 Å². The van der Waals surface area contributed by atoms with Crippen LogP contribution in [-0.4, -0.2) is 41.3 Å². The molecule has 1 atom stereocenters. The summed E-state index contributed by atoms with van der Waals surface area (Å²) in [5.41, 5.74) is -0.369. The summed E-state index contributed by atoms with van der Waals surface area (Å²) in [7, 11) is 0. The van der Waals surface area contributed by atoms with Crippen molar-refractivity contribution < 1.29 is 32.2 Å². The molecule has 1 aliphatic heterocycles. The van der Waals surface area contributed by atoms with E-state index in [1.54, 1.807) is 26.8 Å². The predicted octanol–water partition coefficient (Wildman–Crippen LogP) is 4.49. The lowest BCUT2D eigenvalue weighted by Gasteiger charge is -2.28. The molecular formula is C19H24F3NO4. The van der Waals surface area contributed by atoms with E-state index >= 15 is 0 Å². The smallest absolute Gasteiger partial charge is 0.444 e. The van der Waals surface area contributed by atoms with Crippen LogP contribution in [0, 0.1) is 0 Å². The molecule has 2 rings (SSSR count). The summed E-state index contributed by atoms with van der Waals surface area (Å²) >= 11 is 0. The van der Waals surface area contributed by atoms with E-state index in [9.17, 15) is 22.8 Å². The van der Waals surface area contributed by atoms with E-state index in [0.717, 1.165) is 0 Å². The normalized spacial score (nSPS) is 17.7. The highest BCUT2D eigenvalue weighted by molar-refractivity contribution is 5.88. The van der Waals surface area contributed by atoms with E-state index in [-0.39, 0.29) is 24.4 Å². The van der Waals surface area contributed by atoms with Crippen molar-refractivity contribution >= 4 is 11.9 Å². The highest BCUT2D eigenvalue weighted by Crippen LogP contribution is 2.28. The number of amides is 1. The van der Waals surface area contributed by atoms with Crippen molar-refractivity contribution in [3.8, 4) is 5.75 Å². The van der Waals surface area contributed by atoms with Gasteiger partial charge in [-0.25, -0.2) is 4.79 Å². The number of benzene rings is 1. The fourth-order valence-electron chi connectivity index (χ4n) is 3.00. The van der Waals surface area contributed by atoms with Crippen molar-refractivity contribution in [3.05, 3.63) is 29.8 Å². The monoisotopic (exact) mass is 387 g/mol. The number of ketones is 1. The third kappa shape index (κ3) is 6.45. The fourth-order valence-corrected chi connectivity index (χ4v) is 3.00. The number of hydrogen-bond donors (Lipinski definition) is 0. The lowest BCUT2D eigenvalue weighted by Crippen LogP contribution is -2.43. The quantitative estimate of drug-likeness (QED) is 0.747. The number of likely N-dealkylation sites (tertiary alicyclic amines) is 1. The van der Waals surface area contributed by atoms with Crippen molar-refractivity contribution in [2.75, 3.05) is 6.54 Å². The van der Waals surface area contributed by atoms with Crippen LogP contribution in [0.3, 0.4) is 0 Å². The van der Waals surface area contributed by atoms with Crippen molar-refractivity contribution in [1.82, 2.24) is 4.90 Å². The number of Topliss-reactive ketones (excluding diaryl/α,β-unsaturated/α-hetero) is 1. The minimum Gasteiger partial charge on any atom is -0.444 e. The summed E-state index contributed by atoms with van der Waals surface area (Å²) in [6.07, 6.45) is -4.01. The van der Waals surface area contributed by atoms with E-state index in [0.29, 0.717) is 24.9 Å². The summed E-state index contributed by atoms with van der Waals surface area (Å²) in [5, 5.41) is 0. The first-order chi connectivity index (χ1) is 12.5. The summed E-state index contributed by atoms with van der Waals surface area (Å²) in [5.74, 6) is -0.506. The Morgan fingerprint density at radius 1 is 1.19 bits per heavy atom. The number of para-hydroxylation sites is 1. The van der Waals surface area contributed by atoms with Gasteiger partial charge in [-0.15, -0.1) is 13.2 Å². The molecule has 0 bridgehead atoms. The molecule has 1 unspecified atom stereocenters. The molecule has 5 nitrogen and oxygen atoms in total. The maximum Gasteiger partial charge on any atom is 0.573 e. The molecule has 1 aliphatic rings. The Hall–Kier alpha value is -2.25. The number of hydrogen-bond acceptors (Lipinski definition) is 4. The Morgan fingerprint density at radius 2 is 1.85 bits per heavy atom. The average molecular weight is 387 g/mol. The maximum absolute atomic E-state index is 12.6. The summed E-state index contributed by atoms with van der Waals surface area (Å²) < 4.78 is 46.8. The number of aryl methyl sites for hydroxylation is 1. The number of carbonyl (C=O) groups is 2. The first-order valence-electron chi connectivity index (χ1n) is 8.82. The van der Waals surface area contributed by atoms with E-state index in [2.05, 4.69) is 4.74 Å². The summed E-state index contributed by atoms with van der Waals surface area (Å²) in [6.45, 7) is 5.67. The molecule has 0 radical (unpaired) electrons. The Labute approximate surface area is 156 Å². The highest BCUT2D eigenvalue weighted by Gasteiger charge is 2.36. The molecular weight excluding hydrogens is 363 g/mol. The minimum absolute atomic E-state index is 0.0161. The zero-order valence-corrected chi connectivity index (χ0v) is 15.6. The van der Waals surface area contributed by atoms with Crippen molar-refractivity contribution in [1.29, 1.82) is 0 Å². The molecule has 0 N–H and O–H groups in total. The van der Waals surface area contributed by atoms with Crippen molar-refractivity contribution in [2.45, 2.75) is 64.5 Å². The fraction of sp³-hybridized carbons (Fsp3) is 0.579. The van der Waals surface area contributed by atoms with E-state index < -0.39 is 24.1 Å². The van der Waals surface area contributed by atoms with Crippen LogP contribution in [-0.2, 0) is 16.0 Å². The molecule has 0 saturated carbocycles. The third-order valence-electron chi connectivity index (χ3n) is 4.09. The Bertz CT molecular complexity index is 682. The number of ether oxygens (including phenoxy) is 2. The second-order valence-electron chi connectivity index (χ2n) is 7.45. The molecule has 1 fully saturated rings. The van der Waals surface area contributed by atoms with E-state index in [1.807, 2.05) is 0 Å². The number of halogens is 3. The highest BCUT2D eigenvalue weighted by atomic mass is 19.4. The van der Waals surface area contributed by atoms with E-state index in [4.69, 9.17) is 4.74 Å². The molecule has 1 aromatic rings. The lowest BCUT2D eigenvalue weighted by molar-refractivity contribution is -0.274. The molecule has 27 heavy (non-hydrogen) atoms. The zero-order chi connectivity index (χ0) is 20.2. The molecule has 1 saturated heterocycles. The number of nitrogens with zero attached hydrogens (tertiary/aromatic N) is 1. The third-order valence-corrected chi connectivity index (χ3v) is 4.09. The van der Waals surface area contributed by atoms with Gasteiger partial charge >= 0.3 is 12.5 Å². The molecule has 0 aliphatic carbocycles. The SMILES string of the molecule is CC(C)(C)OC(=O)N1CCCC1C(=O)CCc1ccccc1OC(F)(F)F. The van der Waals surface area contributed by atoms with Crippen LogP contribution < -0.4 is 4.74 Å². The van der Waals surface area contributed by atoms with Crippen LogP contribution in [0.15, 0.2) is 24.3 Å². The van der Waals surface area contributed by atoms with Gasteiger partial charge in [0.1, 0.15) is 11.4 Å². The van der Waals surface area contributed by atoms with Gasteiger partial charge in [-0.3, -0.25) is 9.69 Å². The van der Waals surface area contributed by atoms with Gasteiger partial charge in [-0.1, -0.05) is 18.2 Å². The molecule has 1 aromatic carbocycles. The van der Waals surface area contributed by atoms with Gasteiger partial charge in [0.2, 0.25) is 0 Å². The van der Waals surface area contributed by atoms with Crippen molar-refractivity contribution in [3.63, 3.8) is 0 Å². The second-order valence-corrected chi connectivity index (χ2v) is 7.45. The van der Waals surface area contributed by atoms with Gasteiger partial charge in [0, 0.05) is 13.0 Å². The van der Waals surface area contributed by atoms with Gasteiger partial charge < -0.3 is 9.47 Å². The number of carbonyl (C=O) groups excluding carboxylic acids is 2. The average Bonchev–Trinajstić information content (AvgIpc) is 3.00. The van der Waals surface area contributed by atoms with E-state index in [1.165, 1.54) is 23.1 Å². The standard InChI is InChI=1S/C19H24F3NO4/c1-18(2,3)27-17(25)23-12-6-8-14(23)15(24)11-10-13-7-4-5-9-16(13)26-19(20,21)22/h4-5,7,9,14H,6,8,10-12H2,1-3H3. The number of rotatable bonds is 5. The minimum atomic E-state index is -4.79. The lowest BCUT2D eigenvalue weighted by atomic mass is 10.0. The Kier molecular flexibility index (Phi) is 6.38. The molecule has 8 heteroatoms. The first-order valence-corrected chi connectivity index (χ1v) is 8.82. The number of alkyl halides is 3. The zero-order valence-electron chi connectivity index (χ0n) is 15.6. The van der Waals surface area contributed by atoms with Crippen molar-refractivity contribution in [2.24, 2.45) is 0 Å². The Morgan fingerprint density at radius 3 is 2.48 bits per heavy atom. The van der Waals surface area contributed by atoms with Gasteiger partial charge in [0.15, 0.2) is 5.78 Å². The molecule has 1 amide bonds. The summed E-state index contributed by atoms with van der Waals surface area (Å²) in [6, 6.07) is 5.14. The van der Waals surface area contributed by atoms with Crippen LogP contribution in [0.4, 0.5) is 18.0 Å². The second kappa shape index (κ2) is 8.19. The van der Waals surface area contributed by atoms with Crippen LogP contribution in [0.25, 0.3) is 0 Å². The predicted molar refractivity (Wildman–Crippen MR) is 92.4 cm³/mol. The summed E-state index contributed by atoms with van der Waals surface area (Å²) in [4.78, 5) is 26.3. The molecule has 150 valence electrons. The molecule has 0 spiro atoms. The van der Waals surface area contributed by atoms with Crippen LogP contribution >= 0.6 is 0 Å². The first kappa shape index (κ1) is 21.1. The van der Waals surface area contributed by atoms with Gasteiger partial charge in [0.25, 0.3) is 0 Å². The van der Waals surface area contributed by atoms with Gasteiger partial charge in [0.05, 0.1) is 6.04 Å². The largest absolute Gasteiger partial charge is 0.573 e. The van der Waals surface area contributed by atoms with Crippen LogP contribution in [0.2, 0.25) is 0 Å².